The molecule has 0 saturated carbocycles. The highest BCUT2D eigenvalue weighted by Gasteiger charge is 2.18. The lowest BCUT2D eigenvalue weighted by molar-refractivity contribution is 0.108. The van der Waals surface area contributed by atoms with Crippen LogP contribution in [0.15, 0.2) is 6.07 Å². The molecule has 0 amide bonds. The molecule has 0 spiro atoms. The molecule has 0 saturated heterocycles. The van der Waals surface area contributed by atoms with E-state index in [1.807, 2.05) is 0 Å². The van der Waals surface area contributed by atoms with Crippen LogP contribution in [0.2, 0.25) is 5.15 Å². The van der Waals surface area contributed by atoms with Crippen LogP contribution in [-0.4, -0.2) is 10.2 Å². The number of anilines is 1. The fourth-order valence-corrected chi connectivity index (χ4v) is 1.26. The molecule has 1 aromatic rings. The van der Waals surface area contributed by atoms with E-state index in [4.69, 9.17) is 28.9 Å². The van der Waals surface area contributed by atoms with Gasteiger partial charge in [-0.3, -0.25) is 4.79 Å². The van der Waals surface area contributed by atoms with Crippen LogP contribution in [0.1, 0.15) is 22.5 Å². The minimum atomic E-state index is -2.84. The molecule has 0 aliphatic rings. The van der Waals surface area contributed by atoms with Crippen LogP contribution in [0.4, 0.5) is 14.5 Å². The SMILES string of the molecule is Nc1cc(C(=O)Cl)c(Cl)nc1C(F)F. The topological polar surface area (TPSA) is 56.0 Å². The van der Waals surface area contributed by atoms with Crippen molar-refractivity contribution in [2.75, 3.05) is 5.73 Å². The van der Waals surface area contributed by atoms with Crippen molar-refractivity contribution in [2.45, 2.75) is 6.43 Å². The molecule has 0 unspecified atom stereocenters. The van der Waals surface area contributed by atoms with Gasteiger partial charge in [-0.2, -0.15) is 0 Å². The van der Waals surface area contributed by atoms with Crippen molar-refractivity contribution < 1.29 is 13.6 Å². The zero-order valence-electron chi connectivity index (χ0n) is 6.60. The molecule has 76 valence electrons. The van der Waals surface area contributed by atoms with Gasteiger partial charge in [-0.1, -0.05) is 11.6 Å². The van der Waals surface area contributed by atoms with Crippen molar-refractivity contribution in [1.82, 2.24) is 4.98 Å². The van der Waals surface area contributed by atoms with Gasteiger partial charge in [0.1, 0.15) is 10.8 Å². The minimum absolute atomic E-state index is 0.185. The summed E-state index contributed by atoms with van der Waals surface area (Å²) in [7, 11) is 0. The Kier molecular flexibility index (Phi) is 3.23. The second kappa shape index (κ2) is 4.06. The number of alkyl halides is 2. The molecule has 1 heterocycles. The maximum absolute atomic E-state index is 12.2. The first-order valence-electron chi connectivity index (χ1n) is 3.37. The lowest BCUT2D eigenvalue weighted by atomic mass is 10.2. The van der Waals surface area contributed by atoms with Crippen molar-refractivity contribution in [1.29, 1.82) is 0 Å². The Labute approximate surface area is 87.8 Å². The smallest absolute Gasteiger partial charge is 0.282 e. The Hall–Kier alpha value is -0.940. The van der Waals surface area contributed by atoms with Gasteiger partial charge in [0.25, 0.3) is 11.7 Å². The third kappa shape index (κ3) is 2.10. The fraction of sp³-hybridized carbons (Fsp3) is 0.143. The molecular weight excluding hydrogens is 237 g/mol. The fourth-order valence-electron chi connectivity index (χ4n) is 0.832. The molecule has 7 heteroatoms. The van der Waals surface area contributed by atoms with Crippen LogP contribution >= 0.6 is 23.2 Å². The molecule has 0 atom stereocenters. The van der Waals surface area contributed by atoms with Gasteiger partial charge in [0.05, 0.1) is 11.3 Å². The molecule has 0 aliphatic carbocycles. The predicted molar refractivity (Wildman–Crippen MR) is 48.8 cm³/mol. The van der Waals surface area contributed by atoms with Gasteiger partial charge >= 0.3 is 0 Å². The Morgan fingerprint density at radius 1 is 1.57 bits per heavy atom. The lowest BCUT2D eigenvalue weighted by Gasteiger charge is -2.05. The third-order valence-corrected chi connectivity index (χ3v) is 1.95. The number of carbonyl (C=O) groups is 1. The number of hydrogen-bond donors (Lipinski definition) is 1. The zero-order valence-corrected chi connectivity index (χ0v) is 8.11. The summed E-state index contributed by atoms with van der Waals surface area (Å²) in [4.78, 5) is 14.0. The standard InChI is InChI=1S/C7H4Cl2F2N2O/c8-5-2(6(9)14)1-3(12)4(13-5)7(10)11/h1,7H,12H2. The summed E-state index contributed by atoms with van der Waals surface area (Å²) in [5.41, 5.74) is 4.06. The molecule has 0 aliphatic heterocycles. The zero-order chi connectivity index (χ0) is 10.9. The number of halogens is 4. The first-order valence-corrected chi connectivity index (χ1v) is 4.13. The summed E-state index contributed by atoms with van der Waals surface area (Å²) in [6.07, 6.45) is -2.84. The summed E-state index contributed by atoms with van der Waals surface area (Å²) >= 11 is 10.5. The van der Waals surface area contributed by atoms with Crippen molar-refractivity contribution in [3.63, 3.8) is 0 Å². The van der Waals surface area contributed by atoms with E-state index in [1.165, 1.54) is 0 Å². The highest BCUT2D eigenvalue weighted by Crippen LogP contribution is 2.27. The summed E-state index contributed by atoms with van der Waals surface area (Å²) in [6.45, 7) is 0. The van der Waals surface area contributed by atoms with E-state index in [0.717, 1.165) is 6.07 Å². The molecule has 2 N–H and O–H groups in total. The van der Waals surface area contributed by atoms with Crippen molar-refractivity contribution >= 4 is 34.1 Å². The maximum Gasteiger partial charge on any atom is 0.282 e. The summed E-state index contributed by atoms with van der Waals surface area (Å²) in [6, 6.07) is 0.978. The quantitative estimate of drug-likeness (QED) is 0.639. The average Bonchev–Trinajstić information content (AvgIpc) is 2.07. The number of pyridine rings is 1. The number of nitrogens with zero attached hydrogens (tertiary/aromatic N) is 1. The number of rotatable bonds is 2. The van der Waals surface area contributed by atoms with E-state index in [1.54, 1.807) is 0 Å². The minimum Gasteiger partial charge on any atom is -0.397 e. The molecule has 0 radical (unpaired) electrons. The van der Waals surface area contributed by atoms with Gasteiger partial charge in [0, 0.05) is 0 Å². The monoisotopic (exact) mass is 240 g/mol. The molecule has 0 aromatic carbocycles. The number of carbonyl (C=O) groups excluding carboxylic acids is 1. The molecule has 1 aromatic heterocycles. The highest BCUT2D eigenvalue weighted by molar-refractivity contribution is 6.68. The van der Waals surface area contributed by atoms with E-state index in [9.17, 15) is 13.6 Å². The summed E-state index contributed by atoms with van der Waals surface area (Å²) in [5, 5.41) is -1.27. The Morgan fingerprint density at radius 3 is 2.57 bits per heavy atom. The van der Waals surface area contributed by atoms with Gasteiger partial charge in [-0.05, 0) is 17.7 Å². The molecule has 3 nitrogen and oxygen atoms in total. The molecule has 0 fully saturated rings. The van der Waals surface area contributed by atoms with E-state index >= 15 is 0 Å². The average molecular weight is 241 g/mol. The highest BCUT2D eigenvalue weighted by atomic mass is 35.5. The lowest BCUT2D eigenvalue weighted by Crippen LogP contribution is -2.03. The summed E-state index contributed by atoms with van der Waals surface area (Å²) in [5.74, 6) is 0. The van der Waals surface area contributed by atoms with Gasteiger partial charge in [-0.25, -0.2) is 13.8 Å². The normalized spacial score (nSPS) is 10.6. The second-order valence-electron chi connectivity index (χ2n) is 2.38. The molecular formula is C7H4Cl2F2N2O. The van der Waals surface area contributed by atoms with Gasteiger partial charge < -0.3 is 5.73 Å². The first kappa shape index (κ1) is 11.1. The van der Waals surface area contributed by atoms with Gasteiger partial charge in [-0.15, -0.1) is 0 Å². The largest absolute Gasteiger partial charge is 0.397 e. The Balaban J connectivity index is 3.31. The van der Waals surface area contributed by atoms with Crippen molar-refractivity contribution in [3.8, 4) is 0 Å². The Bertz CT molecular complexity index is 384. The van der Waals surface area contributed by atoms with Crippen LogP contribution in [0.25, 0.3) is 0 Å². The van der Waals surface area contributed by atoms with Crippen molar-refractivity contribution in [3.05, 3.63) is 22.5 Å². The number of hydrogen-bond acceptors (Lipinski definition) is 3. The van der Waals surface area contributed by atoms with E-state index in [0.29, 0.717) is 0 Å². The molecule has 1 rings (SSSR count). The van der Waals surface area contributed by atoms with Crippen LogP contribution in [0.5, 0.6) is 0 Å². The van der Waals surface area contributed by atoms with E-state index < -0.39 is 17.4 Å². The van der Waals surface area contributed by atoms with Crippen LogP contribution < -0.4 is 5.73 Å². The summed E-state index contributed by atoms with van der Waals surface area (Å²) < 4.78 is 24.4. The Morgan fingerprint density at radius 2 is 2.14 bits per heavy atom. The number of nitrogen functional groups attached to an aromatic ring is 1. The molecule has 0 bridgehead atoms. The predicted octanol–water partition coefficient (Wildman–Crippen LogP) is 2.63. The first-order chi connectivity index (χ1) is 6.43. The number of aromatic nitrogens is 1. The van der Waals surface area contributed by atoms with E-state index in [-0.39, 0.29) is 16.4 Å². The number of nitrogens with two attached hydrogens (primary N) is 1. The van der Waals surface area contributed by atoms with Crippen LogP contribution in [-0.2, 0) is 0 Å². The van der Waals surface area contributed by atoms with Crippen LogP contribution in [0.3, 0.4) is 0 Å². The molecule has 14 heavy (non-hydrogen) atoms. The van der Waals surface area contributed by atoms with Crippen LogP contribution in [0, 0.1) is 0 Å². The maximum atomic E-state index is 12.2. The van der Waals surface area contributed by atoms with Crippen molar-refractivity contribution in [2.24, 2.45) is 0 Å². The third-order valence-electron chi connectivity index (χ3n) is 1.45. The van der Waals surface area contributed by atoms with E-state index in [2.05, 4.69) is 4.98 Å². The van der Waals surface area contributed by atoms with Gasteiger partial charge in [0.2, 0.25) is 0 Å². The van der Waals surface area contributed by atoms with Gasteiger partial charge in [0.15, 0.2) is 0 Å². The second-order valence-corrected chi connectivity index (χ2v) is 3.08.